The summed E-state index contributed by atoms with van der Waals surface area (Å²) in [5, 5.41) is 0. The standard InChI is InChI=1S/C8H13NO/c1-9-6-2-4-8(9)5-3-7-10/h3,5,7-8H,2,4,6H2,1H3/t8-/m1/s1. The zero-order valence-corrected chi connectivity index (χ0v) is 6.29. The fourth-order valence-electron chi connectivity index (χ4n) is 1.35. The Morgan fingerprint density at radius 3 is 2.90 bits per heavy atom. The van der Waals surface area contributed by atoms with Crippen molar-refractivity contribution in [3.05, 3.63) is 12.2 Å². The second-order valence-electron chi connectivity index (χ2n) is 2.71. The monoisotopic (exact) mass is 139 g/mol. The topological polar surface area (TPSA) is 20.3 Å². The van der Waals surface area contributed by atoms with Crippen molar-refractivity contribution in [2.45, 2.75) is 18.9 Å². The SMILES string of the molecule is CN1CCC[C@@H]1C=CC=O. The highest BCUT2D eigenvalue weighted by molar-refractivity contribution is 5.64. The Kier molecular flexibility index (Phi) is 2.63. The summed E-state index contributed by atoms with van der Waals surface area (Å²) in [6.45, 7) is 1.16. The molecule has 0 aromatic heterocycles. The molecule has 1 heterocycles. The van der Waals surface area contributed by atoms with E-state index in [1.807, 2.05) is 6.08 Å². The van der Waals surface area contributed by atoms with Gasteiger partial charge in [0.2, 0.25) is 0 Å². The van der Waals surface area contributed by atoms with Crippen molar-refractivity contribution in [3.63, 3.8) is 0 Å². The van der Waals surface area contributed by atoms with Gasteiger partial charge in [0.05, 0.1) is 0 Å². The maximum Gasteiger partial charge on any atom is 0.142 e. The molecule has 2 heteroatoms. The van der Waals surface area contributed by atoms with Crippen LogP contribution in [0.2, 0.25) is 0 Å². The Labute approximate surface area is 61.5 Å². The maximum absolute atomic E-state index is 9.96. The smallest absolute Gasteiger partial charge is 0.142 e. The first-order chi connectivity index (χ1) is 4.84. The van der Waals surface area contributed by atoms with E-state index in [4.69, 9.17) is 0 Å². The first-order valence-electron chi connectivity index (χ1n) is 3.67. The van der Waals surface area contributed by atoms with Crippen LogP contribution in [-0.4, -0.2) is 30.8 Å². The molecule has 0 bridgehead atoms. The van der Waals surface area contributed by atoms with Crippen molar-refractivity contribution in [1.29, 1.82) is 0 Å². The molecule has 0 aromatic rings. The van der Waals surface area contributed by atoms with Crippen LogP contribution in [-0.2, 0) is 4.79 Å². The quantitative estimate of drug-likeness (QED) is 0.417. The van der Waals surface area contributed by atoms with Crippen LogP contribution >= 0.6 is 0 Å². The molecule has 0 N–H and O–H groups in total. The van der Waals surface area contributed by atoms with E-state index in [-0.39, 0.29) is 0 Å². The third-order valence-corrected chi connectivity index (χ3v) is 1.99. The van der Waals surface area contributed by atoms with Gasteiger partial charge in [0, 0.05) is 6.04 Å². The van der Waals surface area contributed by atoms with Gasteiger partial charge in [0.1, 0.15) is 6.29 Å². The van der Waals surface area contributed by atoms with Gasteiger partial charge in [-0.25, -0.2) is 0 Å². The lowest BCUT2D eigenvalue weighted by atomic mass is 10.2. The molecule has 0 amide bonds. The number of carbonyl (C=O) groups excluding carboxylic acids is 1. The molecule has 0 spiro atoms. The van der Waals surface area contributed by atoms with Crippen LogP contribution < -0.4 is 0 Å². The molecule has 0 saturated carbocycles. The highest BCUT2D eigenvalue weighted by Gasteiger charge is 2.16. The molecule has 1 aliphatic heterocycles. The minimum absolute atomic E-state index is 0.505. The van der Waals surface area contributed by atoms with Gasteiger partial charge in [-0.1, -0.05) is 6.08 Å². The van der Waals surface area contributed by atoms with E-state index in [2.05, 4.69) is 11.9 Å². The van der Waals surface area contributed by atoms with E-state index in [1.165, 1.54) is 12.8 Å². The third-order valence-electron chi connectivity index (χ3n) is 1.99. The molecule has 10 heavy (non-hydrogen) atoms. The van der Waals surface area contributed by atoms with Crippen molar-refractivity contribution < 1.29 is 4.79 Å². The van der Waals surface area contributed by atoms with Crippen LogP contribution in [0.25, 0.3) is 0 Å². The average molecular weight is 139 g/mol. The molecule has 1 aliphatic rings. The van der Waals surface area contributed by atoms with Crippen LogP contribution in [0.5, 0.6) is 0 Å². The van der Waals surface area contributed by atoms with Gasteiger partial charge >= 0.3 is 0 Å². The zero-order valence-electron chi connectivity index (χ0n) is 6.29. The van der Waals surface area contributed by atoms with Gasteiger partial charge in [0.15, 0.2) is 0 Å². The summed E-state index contributed by atoms with van der Waals surface area (Å²) >= 11 is 0. The molecule has 0 unspecified atom stereocenters. The molecule has 0 radical (unpaired) electrons. The largest absolute Gasteiger partial charge is 0.300 e. The Morgan fingerprint density at radius 2 is 2.40 bits per heavy atom. The second kappa shape index (κ2) is 3.52. The Balaban J connectivity index is 2.39. The van der Waals surface area contributed by atoms with Gasteiger partial charge in [-0.15, -0.1) is 0 Å². The minimum Gasteiger partial charge on any atom is -0.300 e. The summed E-state index contributed by atoms with van der Waals surface area (Å²) < 4.78 is 0. The summed E-state index contributed by atoms with van der Waals surface area (Å²) in [6.07, 6.45) is 6.85. The van der Waals surface area contributed by atoms with Crippen LogP contribution in [0.3, 0.4) is 0 Å². The number of carbonyl (C=O) groups is 1. The number of rotatable bonds is 2. The Morgan fingerprint density at radius 1 is 1.60 bits per heavy atom. The van der Waals surface area contributed by atoms with Gasteiger partial charge in [-0.3, -0.25) is 9.69 Å². The summed E-state index contributed by atoms with van der Waals surface area (Å²) in [5.41, 5.74) is 0. The number of likely N-dealkylation sites (tertiary alicyclic amines) is 1. The van der Waals surface area contributed by atoms with Crippen molar-refractivity contribution in [3.8, 4) is 0 Å². The maximum atomic E-state index is 9.96. The summed E-state index contributed by atoms with van der Waals surface area (Å²) in [5.74, 6) is 0. The van der Waals surface area contributed by atoms with Gasteiger partial charge in [0.25, 0.3) is 0 Å². The Bertz CT molecular complexity index is 142. The average Bonchev–Trinajstić information content (AvgIpc) is 2.31. The van der Waals surface area contributed by atoms with E-state index >= 15 is 0 Å². The minimum atomic E-state index is 0.505. The van der Waals surface area contributed by atoms with Crippen LogP contribution in [0.15, 0.2) is 12.2 Å². The van der Waals surface area contributed by atoms with E-state index < -0.39 is 0 Å². The second-order valence-corrected chi connectivity index (χ2v) is 2.71. The first-order valence-corrected chi connectivity index (χ1v) is 3.67. The number of likely N-dealkylation sites (N-methyl/N-ethyl adjacent to an activating group) is 1. The van der Waals surface area contributed by atoms with E-state index in [1.54, 1.807) is 6.08 Å². The van der Waals surface area contributed by atoms with Gasteiger partial charge < -0.3 is 0 Å². The zero-order chi connectivity index (χ0) is 7.40. The number of hydrogen-bond acceptors (Lipinski definition) is 2. The summed E-state index contributed by atoms with van der Waals surface area (Å²) in [6, 6.07) is 0.505. The molecular weight excluding hydrogens is 126 g/mol. The van der Waals surface area contributed by atoms with Crippen molar-refractivity contribution in [2.24, 2.45) is 0 Å². The summed E-state index contributed by atoms with van der Waals surface area (Å²) in [4.78, 5) is 12.2. The molecule has 1 atom stereocenters. The molecule has 1 fully saturated rings. The summed E-state index contributed by atoms with van der Waals surface area (Å²) in [7, 11) is 2.09. The molecule has 56 valence electrons. The highest BCUT2D eigenvalue weighted by atomic mass is 16.1. The van der Waals surface area contributed by atoms with E-state index in [0.717, 1.165) is 12.8 Å². The fraction of sp³-hybridized carbons (Fsp3) is 0.625. The molecule has 1 saturated heterocycles. The predicted molar refractivity (Wildman–Crippen MR) is 40.9 cm³/mol. The van der Waals surface area contributed by atoms with Crippen molar-refractivity contribution >= 4 is 6.29 Å². The van der Waals surface area contributed by atoms with Crippen LogP contribution in [0.1, 0.15) is 12.8 Å². The molecule has 2 nitrogen and oxygen atoms in total. The number of nitrogens with zero attached hydrogens (tertiary/aromatic N) is 1. The van der Waals surface area contributed by atoms with E-state index in [0.29, 0.717) is 6.04 Å². The molecular formula is C8H13NO. The fourth-order valence-corrected chi connectivity index (χ4v) is 1.35. The van der Waals surface area contributed by atoms with Crippen molar-refractivity contribution in [2.75, 3.05) is 13.6 Å². The van der Waals surface area contributed by atoms with E-state index in [9.17, 15) is 4.79 Å². The number of aldehydes is 1. The molecule has 0 aromatic carbocycles. The lowest BCUT2D eigenvalue weighted by molar-refractivity contribution is -0.104. The van der Waals surface area contributed by atoms with Gasteiger partial charge in [-0.05, 0) is 32.5 Å². The van der Waals surface area contributed by atoms with Crippen LogP contribution in [0, 0.1) is 0 Å². The number of allylic oxidation sites excluding steroid dienone is 1. The predicted octanol–water partition coefficient (Wildman–Crippen LogP) is 0.836. The van der Waals surface area contributed by atoms with Gasteiger partial charge in [-0.2, -0.15) is 0 Å². The first kappa shape index (κ1) is 7.48. The van der Waals surface area contributed by atoms with Crippen LogP contribution in [0.4, 0.5) is 0 Å². The highest BCUT2D eigenvalue weighted by Crippen LogP contribution is 2.14. The normalized spacial score (nSPS) is 27.9. The molecule has 0 aliphatic carbocycles. The third kappa shape index (κ3) is 1.67. The lowest BCUT2D eigenvalue weighted by Crippen LogP contribution is -2.22. The van der Waals surface area contributed by atoms with Crippen molar-refractivity contribution in [1.82, 2.24) is 4.90 Å². The Hall–Kier alpha value is -0.630. The molecule has 1 rings (SSSR count). The number of hydrogen-bond donors (Lipinski definition) is 0. The lowest BCUT2D eigenvalue weighted by Gasteiger charge is -2.13.